The minimum absolute atomic E-state index is 0.210. The van der Waals surface area contributed by atoms with Crippen LogP contribution in [0.3, 0.4) is 0 Å². The van der Waals surface area contributed by atoms with Crippen molar-refractivity contribution in [3.8, 4) is 0 Å². The molecule has 0 bridgehead atoms. The number of hydrogen-bond acceptors (Lipinski definition) is 4. The van der Waals surface area contributed by atoms with Crippen molar-refractivity contribution in [1.82, 2.24) is 9.21 Å². The van der Waals surface area contributed by atoms with Crippen LogP contribution in [0.25, 0.3) is 10.8 Å². The summed E-state index contributed by atoms with van der Waals surface area (Å²) in [6.45, 7) is 12.8. The normalized spacial score (nSPS) is 15.3. The van der Waals surface area contributed by atoms with Crippen molar-refractivity contribution in [2.24, 2.45) is 0 Å². The van der Waals surface area contributed by atoms with Crippen LogP contribution in [0.4, 0.5) is 4.79 Å². The number of benzene rings is 2. The molecule has 1 saturated heterocycles. The van der Waals surface area contributed by atoms with Gasteiger partial charge in [-0.05, 0) is 55.6 Å². The molecule has 0 saturated carbocycles. The molecule has 1 aliphatic rings. The van der Waals surface area contributed by atoms with Gasteiger partial charge in [-0.2, -0.15) is 0 Å². The Bertz CT molecular complexity index is 719. The predicted molar refractivity (Wildman–Crippen MR) is 111 cm³/mol. The summed E-state index contributed by atoms with van der Waals surface area (Å²) >= 11 is 1.76. The van der Waals surface area contributed by atoms with Gasteiger partial charge in [0, 0.05) is 31.1 Å². The molecule has 0 spiro atoms. The van der Waals surface area contributed by atoms with Gasteiger partial charge in [-0.25, -0.2) is 9.10 Å². The molecule has 26 heavy (non-hydrogen) atoms. The third-order valence-electron chi connectivity index (χ3n) is 3.85. The van der Waals surface area contributed by atoms with Crippen molar-refractivity contribution in [3.05, 3.63) is 42.5 Å². The lowest BCUT2D eigenvalue weighted by atomic mass is 10.1. The topological polar surface area (TPSA) is 32.8 Å². The first-order chi connectivity index (χ1) is 12.4. The fourth-order valence-electron chi connectivity index (χ4n) is 2.66. The summed E-state index contributed by atoms with van der Waals surface area (Å²) in [5.74, 6) is 0. The van der Waals surface area contributed by atoms with Gasteiger partial charge < -0.3 is 9.64 Å². The molecule has 3 rings (SSSR count). The molecular formula is C21H30N2O2S. The molecule has 5 heteroatoms. The van der Waals surface area contributed by atoms with Crippen LogP contribution >= 0.6 is 11.9 Å². The van der Waals surface area contributed by atoms with Gasteiger partial charge in [-0.3, -0.25) is 0 Å². The average Bonchev–Trinajstić information content (AvgIpc) is 2.62. The van der Waals surface area contributed by atoms with Crippen molar-refractivity contribution in [3.63, 3.8) is 0 Å². The Morgan fingerprint density at radius 3 is 2.19 bits per heavy atom. The highest BCUT2D eigenvalue weighted by molar-refractivity contribution is 7.97. The van der Waals surface area contributed by atoms with Crippen LogP contribution in [0.1, 0.15) is 34.6 Å². The van der Waals surface area contributed by atoms with E-state index in [-0.39, 0.29) is 6.09 Å². The standard InChI is InChI=1S/C19H24N2O2S.C2H6/c1-19(2,3)23-18(22)20-10-12-21(13-11-20)24-17-9-8-15-6-4-5-7-16(15)14-17;1-2/h4-9,14H,10-13H2,1-3H3;1-2H3. The summed E-state index contributed by atoms with van der Waals surface area (Å²) < 4.78 is 7.75. The first-order valence-electron chi connectivity index (χ1n) is 9.30. The third kappa shape index (κ3) is 5.92. The molecule has 4 nitrogen and oxygen atoms in total. The van der Waals surface area contributed by atoms with E-state index < -0.39 is 5.60 Å². The van der Waals surface area contributed by atoms with E-state index in [1.807, 2.05) is 34.6 Å². The largest absolute Gasteiger partial charge is 0.444 e. The van der Waals surface area contributed by atoms with Crippen LogP contribution in [-0.4, -0.2) is 47.1 Å². The number of nitrogens with zero attached hydrogens (tertiary/aromatic N) is 2. The molecule has 2 aromatic rings. The number of amides is 1. The van der Waals surface area contributed by atoms with Crippen molar-refractivity contribution >= 4 is 28.8 Å². The smallest absolute Gasteiger partial charge is 0.410 e. The third-order valence-corrected chi connectivity index (χ3v) is 4.93. The maximum absolute atomic E-state index is 12.1. The number of rotatable bonds is 2. The lowest BCUT2D eigenvalue weighted by molar-refractivity contribution is 0.0197. The van der Waals surface area contributed by atoms with Crippen LogP contribution in [-0.2, 0) is 4.74 Å². The van der Waals surface area contributed by atoms with E-state index in [0.717, 1.165) is 13.1 Å². The van der Waals surface area contributed by atoms with Gasteiger partial charge in [0.15, 0.2) is 0 Å². The predicted octanol–water partition coefficient (Wildman–Crippen LogP) is 5.43. The zero-order valence-electron chi connectivity index (χ0n) is 16.5. The first-order valence-corrected chi connectivity index (χ1v) is 10.1. The molecule has 1 fully saturated rings. The van der Waals surface area contributed by atoms with Gasteiger partial charge in [-0.15, -0.1) is 0 Å². The second-order valence-corrected chi connectivity index (χ2v) is 8.17. The van der Waals surface area contributed by atoms with E-state index in [2.05, 4.69) is 46.8 Å². The van der Waals surface area contributed by atoms with Crippen LogP contribution in [0.2, 0.25) is 0 Å². The zero-order chi connectivity index (χ0) is 19.2. The molecule has 2 aromatic carbocycles. The van der Waals surface area contributed by atoms with Crippen molar-refractivity contribution in [2.45, 2.75) is 45.1 Å². The molecule has 0 aliphatic carbocycles. The molecule has 1 amide bonds. The average molecular weight is 375 g/mol. The van der Waals surface area contributed by atoms with E-state index >= 15 is 0 Å². The van der Waals surface area contributed by atoms with Gasteiger partial charge in [0.1, 0.15) is 5.60 Å². The van der Waals surface area contributed by atoms with Gasteiger partial charge in [0.05, 0.1) is 0 Å². The van der Waals surface area contributed by atoms with Gasteiger partial charge in [0.25, 0.3) is 0 Å². The Hall–Kier alpha value is -1.72. The summed E-state index contributed by atoms with van der Waals surface area (Å²) in [5.41, 5.74) is -0.436. The Morgan fingerprint density at radius 2 is 1.58 bits per heavy atom. The van der Waals surface area contributed by atoms with E-state index in [0.29, 0.717) is 13.1 Å². The van der Waals surface area contributed by atoms with E-state index in [4.69, 9.17) is 4.74 Å². The Labute approximate surface area is 161 Å². The molecule has 142 valence electrons. The van der Waals surface area contributed by atoms with Gasteiger partial charge in [0.2, 0.25) is 0 Å². The molecule has 0 N–H and O–H groups in total. The van der Waals surface area contributed by atoms with Gasteiger partial charge in [-0.1, -0.05) is 44.2 Å². The summed E-state index contributed by atoms with van der Waals surface area (Å²) in [6.07, 6.45) is -0.210. The van der Waals surface area contributed by atoms with Crippen LogP contribution < -0.4 is 0 Å². The van der Waals surface area contributed by atoms with Crippen LogP contribution in [0, 0.1) is 0 Å². The number of hydrogen-bond donors (Lipinski definition) is 0. The lowest BCUT2D eigenvalue weighted by Crippen LogP contribution is -2.47. The highest BCUT2D eigenvalue weighted by Crippen LogP contribution is 2.27. The maximum Gasteiger partial charge on any atom is 0.410 e. The van der Waals surface area contributed by atoms with E-state index in [1.54, 1.807) is 16.8 Å². The number of carbonyl (C=O) groups is 1. The minimum atomic E-state index is -0.436. The second-order valence-electron chi connectivity index (χ2n) is 7.00. The quantitative estimate of drug-likeness (QED) is 0.657. The molecule has 0 atom stereocenters. The summed E-state index contributed by atoms with van der Waals surface area (Å²) in [7, 11) is 0. The molecule has 1 aliphatic heterocycles. The lowest BCUT2D eigenvalue weighted by Gasteiger charge is -2.34. The molecule has 0 unspecified atom stereocenters. The highest BCUT2D eigenvalue weighted by Gasteiger charge is 2.26. The first kappa shape index (κ1) is 20.6. The Morgan fingerprint density at radius 1 is 0.962 bits per heavy atom. The number of piperazine rings is 1. The summed E-state index contributed by atoms with van der Waals surface area (Å²) in [5, 5.41) is 2.52. The van der Waals surface area contributed by atoms with Crippen molar-refractivity contribution in [2.75, 3.05) is 26.2 Å². The van der Waals surface area contributed by atoms with Crippen molar-refractivity contribution in [1.29, 1.82) is 0 Å². The Kier molecular flexibility index (Phi) is 7.35. The highest BCUT2D eigenvalue weighted by atomic mass is 32.2. The summed E-state index contributed by atoms with van der Waals surface area (Å²) in [6, 6.07) is 14.9. The van der Waals surface area contributed by atoms with E-state index in [9.17, 15) is 4.79 Å². The SMILES string of the molecule is CC.CC(C)(C)OC(=O)N1CCN(Sc2ccc3ccccc3c2)CC1. The van der Waals surface area contributed by atoms with Crippen LogP contribution in [0.15, 0.2) is 47.4 Å². The Balaban J connectivity index is 0.00000117. The number of ether oxygens (including phenoxy) is 1. The van der Waals surface area contributed by atoms with Gasteiger partial charge >= 0.3 is 6.09 Å². The molecule has 0 radical (unpaired) electrons. The molecule has 0 aromatic heterocycles. The number of carbonyl (C=O) groups excluding carboxylic acids is 1. The maximum atomic E-state index is 12.1. The van der Waals surface area contributed by atoms with E-state index in [1.165, 1.54) is 15.7 Å². The second kappa shape index (κ2) is 9.28. The molecular weight excluding hydrogens is 344 g/mol. The zero-order valence-corrected chi connectivity index (χ0v) is 17.3. The van der Waals surface area contributed by atoms with Crippen molar-refractivity contribution < 1.29 is 9.53 Å². The summed E-state index contributed by atoms with van der Waals surface area (Å²) in [4.78, 5) is 15.1. The monoisotopic (exact) mass is 374 g/mol. The molecule has 1 heterocycles. The fraction of sp³-hybridized carbons (Fsp3) is 0.476. The fourth-order valence-corrected chi connectivity index (χ4v) is 3.61. The minimum Gasteiger partial charge on any atom is -0.444 e. The number of fused-ring (bicyclic) bond motifs is 1. The van der Waals surface area contributed by atoms with Crippen LogP contribution in [0.5, 0.6) is 0 Å².